The SMILES string of the molecule is Cn1c(=O)sc2cc(C(=O)CCN3CCN(Cc4ccccc4)CC3)ccc21. The summed E-state index contributed by atoms with van der Waals surface area (Å²) in [6.07, 6.45) is 0.520. The van der Waals surface area contributed by atoms with Gasteiger partial charge in [0.15, 0.2) is 5.78 Å². The number of aromatic nitrogens is 1. The van der Waals surface area contributed by atoms with Crippen LogP contribution in [0.5, 0.6) is 0 Å². The van der Waals surface area contributed by atoms with Crippen molar-refractivity contribution in [3.05, 3.63) is 69.3 Å². The van der Waals surface area contributed by atoms with Gasteiger partial charge in [0, 0.05) is 58.3 Å². The summed E-state index contributed by atoms with van der Waals surface area (Å²) in [6, 6.07) is 16.1. The van der Waals surface area contributed by atoms with Crippen molar-refractivity contribution in [1.29, 1.82) is 0 Å². The molecule has 2 aromatic carbocycles. The van der Waals surface area contributed by atoms with Gasteiger partial charge in [0.1, 0.15) is 0 Å². The first-order chi connectivity index (χ1) is 13.6. The van der Waals surface area contributed by atoms with Crippen molar-refractivity contribution >= 4 is 27.3 Å². The number of ketones is 1. The largest absolute Gasteiger partial charge is 0.307 e. The topological polar surface area (TPSA) is 45.6 Å². The lowest BCUT2D eigenvalue weighted by Crippen LogP contribution is -2.46. The number of thiazole rings is 1. The number of hydrogen-bond donors (Lipinski definition) is 0. The van der Waals surface area contributed by atoms with E-state index in [1.165, 1.54) is 16.9 Å². The van der Waals surface area contributed by atoms with Crippen LogP contribution in [0.3, 0.4) is 0 Å². The molecular formula is C22H25N3O2S. The van der Waals surface area contributed by atoms with Gasteiger partial charge in [0.05, 0.1) is 10.2 Å². The van der Waals surface area contributed by atoms with E-state index in [1.54, 1.807) is 11.6 Å². The summed E-state index contributed by atoms with van der Waals surface area (Å²) in [7, 11) is 1.76. The van der Waals surface area contributed by atoms with Crippen LogP contribution >= 0.6 is 11.3 Å². The molecule has 2 heterocycles. The van der Waals surface area contributed by atoms with Crippen LogP contribution in [0.25, 0.3) is 10.2 Å². The van der Waals surface area contributed by atoms with Gasteiger partial charge in [-0.3, -0.25) is 14.5 Å². The van der Waals surface area contributed by atoms with Gasteiger partial charge in [-0.05, 0) is 23.8 Å². The van der Waals surface area contributed by atoms with Crippen LogP contribution < -0.4 is 4.87 Å². The van der Waals surface area contributed by atoms with Crippen molar-refractivity contribution < 1.29 is 4.79 Å². The number of nitrogens with zero attached hydrogens (tertiary/aromatic N) is 3. The van der Waals surface area contributed by atoms with Crippen molar-refractivity contribution in [3.8, 4) is 0 Å². The fraction of sp³-hybridized carbons (Fsp3) is 0.364. The number of fused-ring (bicyclic) bond motifs is 1. The monoisotopic (exact) mass is 395 g/mol. The summed E-state index contributed by atoms with van der Waals surface area (Å²) in [5.74, 6) is 0.150. The zero-order valence-electron chi connectivity index (χ0n) is 16.1. The molecule has 5 nitrogen and oxygen atoms in total. The Morgan fingerprint density at radius 3 is 2.46 bits per heavy atom. The van der Waals surface area contributed by atoms with Crippen LogP contribution in [0.4, 0.5) is 0 Å². The van der Waals surface area contributed by atoms with E-state index in [0.717, 1.165) is 49.5 Å². The van der Waals surface area contributed by atoms with Gasteiger partial charge in [-0.1, -0.05) is 41.7 Å². The zero-order valence-corrected chi connectivity index (χ0v) is 17.0. The number of Topliss-reactive ketones (excluding diaryl/α,β-unsaturated/α-hetero) is 1. The molecule has 0 spiro atoms. The first-order valence-electron chi connectivity index (χ1n) is 9.71. The third kappa shape index (κ3) is 4.24. The molecule has 4 rings (SSSR count). The van der Waals surface area contributed by atoms with E-state index in [2.05, 4.69) is 34.1 Å². The Labute approximate surface area is 168 Å². The van der Waals surface area contributed by atoms with Gasteiger partial charge in [0.2, 0.25) is 0 Å². The summed E-state index contributed by atoms with van der Waals surface area (Å²) < 4.78 is 2.51. The summed E-state index contributed by atoms with van der Waals surface area (Å²) in [6.45, 7) is 5.85. The third-order valence-corrected chi connectivity index (χ3v) is 6.48. The molecule has 1 fully saturated rings. The first-order valence-corrected chi connectivity index (χ1v) is 10.5. The Kier molecular flexibility index (Phi) is 5.71. The first kappa shape index (κ1) is 19.1. The fourth-order valence-corrected chi connectivity index (χ4v) is 4.64. The van der Waals surface area contributed by atoms with E-state index in [0.29, 0.717) is 12.0 Å². The lowest BCUT2D eigenvalue weighted by Gasteiger charge is -2.34. The highest BCUT2D eigenvalue weighted by atomic mass is 32.1. The van der Waals surface area contributed by atoms with E-state index in [9.17, 15) is 9.59 Å². The minimum absolute atomic E-state index is 0.00738. The molecule has 146 valence electrons. The molecule has 28 heavy (non-hydrogen) atoms. The highest BCUT2D eigenvalue weighted by Gasteiger charge is 2.18. The van der Waals surface area contributed by atoms with Gasteiger partial charge < -0.3 is 9.47 Å². The van der Waals surface area contributed by atoms with Crippen LogP contribution in [-0.4, -0.2) is 52.9 Å². The van der Waals surface area contributed by atoms with E-state index >= 15 is 0 Å². The van der Waals surface area contributed by atoms with E-state index < -0.39 is 0 Å². The van der Waals surface area contributed by atoms with Crippen molar-refractivity contribution in [1.82, 2.24) is 14.4 Å². The number of benzene rings is 2. The van der Waals surface area contributed by atoms with Gasteiger partial charge in [-0.15, -0.1) is 0 Å². The molecule has 0 unspecified atom stereocenters. The summed E-state index contributed by atoms with van der Waals surface area (Å²) in [5.41, 5.74) is 2.95. The highest BCUT2D eigenvalue weighted by molar-refractivity contribution is 7.16. The number of piperazine rings is 1. The molecule has 6 heteroatoms. The molecule has 0 radical (unpaired) electrons. The minimum Gasteiger partial charge on any atom is -0.302 e. The second kappa shape index (κ2) is 8.39. The lowest BCUT2D eigenvalue weighted by atomic mass is 10.1. The molecule has 0 aliphatic carbocycles. The molecule has 3 aromatic rings. The molecule has 0 N–H and O–H groups in total. The van der Waals surface area contributed by atoms with Crippen molar-refractivity contribution in [2.75, 3.05) is 32.7 Å². The standard InChI is InChI=1S/C22H25N3O2S/c1-23-19-8-7-18(15-21(19)28-22(23)27)20(26)9-10-24-11-13-25(14-12-24)16-17-5-3-2-4-6-17/h2-8,15H,9-14,16H2,1H3. The molecule has 0 bridgehead atoms. The number of carbonyl (C=O) groups excluding carboxylic acids is 1. The van der Waals surface area contributed by atoms with E-state index in [1.807, 2.05) is 24.3 Å². The summed E-state index contributed by atoms with van der Waals surface area (Å²) in [5, 5.41) is 0. The highest BCUT2D eigenvalue weighted by Crippen LogP contribution is 2.19. The number of aryl methyl sites for hydroxylation is 1. The molecule has 1 saturated heterocycles. The molecular weight excluding hydrogens is 370 g/mol. The Bertz CT molecular complexity index is 1020. The maximum atomic E-state index is 12.6. The predicted molar refractivity (Wildman–Crippen MR) is 114 cm³/mol. The molecule has 0 saturated carbocycles. The van der Waals surface area contributed by atoms with Crippen LogP contribution in [0.1, 0.15) is 22.3 Å². The van der Waals surface area contributed by atoms with Gasteiger partial charge in [-0.2, -0.15) is 0 Å². The average molecular weight is 396 g/mol. The zero-order chi connectivity index (χ0) is 19.5. The molecule has 0 atom stereocenters. The Hall–Kier alpha value is -2.28. The van der Waals surface area contributed by atoms with E-state index in [4.69, 9.17) is 0 Å². The molecule has 0 amide bonds. The Balaban J connectivity index is 1.28. The second-order valence-electron chi connectivity index (χ2n) is 7.39. The maximum absolute atomic E-state index is 12.6. The van der Waals surface area contributed by atoms with E-state index in [-0.39, 0.29) is 10.7 Å². The Morgan fingerprint density at radius 2 is 1.71 bits per heavy atom. The molecule has 1 aliphatic rings. The van der Waals surface area contributed by atoms with Crippen LogP contribution in [0, 0.1) is 0 Å². The fourth-order valence-electron chi connectivity index (χ4n) is 3.72. The second-order valence-corrected chi connectivity index (χ2v) is 8.38. The van der Waals surface area contributed by atoms with Crippen molar-refractivity contribution in [2.45, 2.75) is 13.0 Å². The summed E-state index contributed by atoms with van der Waals surface area (Å²) >= 11 is 1.20. The average Bonchev–Trinajstić information content (AvgIpc) is 3.01. The van der Waals surface area contributed by atoms with Crippen molar-refractivity contribution in [3.63, 3.8) is 0 Å². The number of hydrogen-bond acceptors (Lipinski definition) is 5. The number of rotatable bonds is 6. The quantitative estimate of drug-likeness (QED) is 0.602. The number of carbonyl (C=O) groups is 1. The van der Waals surface area contributed by atoms with Crippen molar-refractivity contribution in [2.24, 2.45) is 7.05 Å². The smallest absolute Gasteiger partial charge is 0.302 e. The minimum atomic E-state index is 0.00738. The third-order valence-electron chi connectivity index (χ3n) is 5.48. The van der Waals surface area contributed by atoms with Gasteiger partial charge >= 0.3 is 4.87 Å². The predicted octanol–water partition coefficient (Wildman–Crippen LogP) is 2.99. The van der Waals surface area contributed by atoms with Gasteiger partial charge in [0.25, 0.3) is 0 Å². The van der Waals surface area contributed by atoms with Gasteiger partial charge in [-0.25, -0.2) is 0 Å². The molecule has 1 aliphatic heterocycles. The normalized spacial score (nSPS) is 15.9. The van der Waals surface area contributed by atoms with Crippen LogP contribution in [0.2, 0.25) is 0 Å². The molecule has 1 aromatic heterocycles. The van der Waals surface area contributed by atoms with Crippen LogP contribution in [-0.2, 0) is 13.6 Å². The van der Waals surface area contributed by atoms with Crippen LogP contribution in [0.15, 0.2) is 53.3 Å². The Morgan fingerprint density at radius 1 is 1.00 bits per heavy atom. The maximum Gasteiger partial charge on any atom is 0.307 e. The summed E-state index contributed by atoms with van der Waals surface area (Å²) in [4.78, 5) is 29.2. The lowest BCUT2D eigenvalue weighted by molar-refractivity contribution is 0.0923.